The molecule has 1 unspecified atom stereocenters. The van der Waals surface area contributed by atoms with Gasteiger partial charge in [0.25, 0.3) is 0 Å². The zero-order valence-corrected chi connectivity index (χ0v) is 9.30. The van der Waals surface area contributed by atoms with Crippen molar-refractivity contribution in [1.82, 2.24) is 0 Å². The maximum absolute atomic E-state index is 5.37. The summed E-state index contributed by atoms with van der Waals surface area (Å²) in [5, 5.41) is 0. The molecule has 0 bridgehead atoms. The van der Waals surface area contributed by atoms with Crippen LogP contribution in [0.15, 0.2) is 18.2 Å². The second-order valence-corrected chi connectivity index (χ2v) is 3.93. The molecule has 0 spiro atoms. The Bertz CT molecular complexity index is 321. The van der Waals surface area contributed by atoms with Gasteiger partial charge in [0.1, 0.15) is 0 Å². The minimum Gasteiger partial charge on any atom is -0.120 e. The largest absolute Gasteiger partial charge is 0.120 e. The second kappa shape index (κ2) is 4.86. The molecular formula is C14H18. The molecule has 0 aromatic heterocycles. The summed E-state index contributed by atoms with van der Waals surface area (Å²) >= 11 is 0. The van der Waals surface area contributed by atoms with Crippen molar-refractivity contribution >= 4 is 0 Å². The van der Waals surface area contributed by atoms with Gasteiger partial charge in [-0.25, -0.2) is 0 Å². The van der Waals surface area contributed by atoms with Gasteiger partial charge in [-0.1, -0.05) is 36.2 Å². The molecule has 0 heterocycles. The van der Waals surface area contributed by atoms with E-state index in [1.165, 1.54) is 16.7 Å². The van der Waals surface area contributed by atoms with Crippen molar-refractivity contribution in [2.24, 2.45) is 0 Å². The summed E-state index contributed by atoms with van der Waals surface area (Å²) in [7, 11) is 0. The molecule has 0 radical (unpaired) electrons. The fourth-order valence-corrected chi connectivity index (χ4v) is 1.89. The molecule has 0 fully saturated rings. The van der Waals surface area contributed by atoms with Crippen molar-refractivity contribution in [1.29, 1.82) is 0 Å². The monoisotopic (exact) mass is 186 g/mol. The van der Waals surface area contributed by atoms with Gasteiger partial charge in [-0.05, 0) is 31.7 Å². The van der Waals surface area contributed by atoms with Crippen LogP contribution < -0.4 is 0 Å². The van der Waals surface area contributed by atoms with E-state index < -0.39 is 0 Å². The van der Waals surface area contributed by atoms with Gasteiger partial charge in [0.05, 0.1) is 0 Å². The van der Waals surface area contributed by atoms with Gasteiger partial charge in [-0.3, -0.25) is 0 Å². The Hall–Kier alpha value is -1.22. The third-order valence-electron chi connectivity index (χ3n) is 2.57. The predicted molar refractivity (Wildman–Crippen MR) is 62.4 cm³/mol. The lowest BCUT2D eigenvalue weighted by Gasteiger charge is -2.13. The number of benzene rings is 1. The summed E-state index contributed by atoms with van der Waals surface area (Å²) in [6.45, 7) is 6.47. The van der Waals surface area contributed by atoms with E-state index in [1.807, 2.05) is 0 Å². The Kier molecular flexibility index (Phi) is 3.77. The van der Waals surface area contributed by atoms with Crippen molar-refractivity contribution in [2.75, 3.05) is 0 Å². The lowest BCUT2D eigenvalue weighted by Crippen LogP contribution is -1.97. The number of terminal acetylenes is 1. The summed E-state index contributed by atoms with van der Waals surface area (Å²) in [6.07, 6.45) is 7.33. The average molecular weight is 186 g/mol. The van der Waals surface area contributed by atoms with Crippen LogP contribution in [0.4, 0.5) is 0 Å². The average Bonchev–Trinajstić information content (AvgIpc) is 2.12. The molecular weight excluding hydrogens is 168 g/mol. The molecule has 0 nitrogen and oxygen atoms in total. The van der Waals surface area contributed by atoms with Crippen LogP contribution in [0.25, 0.3) is 0 Å². The third-order valence-corrected chi connectivity index (χ3v) is 2.57. The van der Waals surface area contributed by atoms with Gasteiger partial charge in [-0.2, -0.15) is 0 Å². The van der Waals surface area contributed by atoms with Gasteiger partial charge in [0.15, 0.2) is 0 Å². The van der Waals surface area contributed by atoms with E-state index in [1.54, 1.807) is 0 Å². The van der Waals surface area contributed by atoms with Crippen molar-refractivity contribution < 1.29 is 0 Å². The number of rotatable bonds is 3. The highest BCUT2D eigenvalue weighted by Crippen LogP contribution is 2.24. The first kappa shape index (κ1) is 10.9. The van der Waals surface area contributed by atoms with E-state index in [2.05, 4.69) is 44.9 Å². The fourth-order valence-electron chi connectivity index (χ4n) is 1.89. The summed E-state index contributed by atoms with van der Waals surface area (Å²) in [5.41, 5.74) is 4.05. The molecule has 0 saturated heterocycles. The van der Waals surface area contributed by atoms with Gasteiger partial charge in [-0.15, -0.1) is 12.3 Å². The first-order chi connectivity index (χ1) is 6.67. The van der Waals surface area contributed by atoms with Crippen molar-refractivity contribution in [3.63, 3.8) is 0 Å². The minimum absolute atomic E-state index is 0.526. The number of hydrogen-bond donors (Lipinski definition) is 0. The van der Waals surface area contributed by atoms with Crippen molar-refractivity contribution in [2.45, 2.75) is 39.5 Å². The Morgan fingerprint density at radius 2 is 1.79 bits per heavy atom. The Morgan fingerprint density at radius 1 is 1.21 bits per heavy atom. The van der Waals surface area contributed by atoms with E-state index in [0.29, 0.717) is 5.92 Å². The molecule has 0 amide bonds. The zero-order valence-electron chi connectivity index (χ0n) is 9.30. The van der Waals surface area contributed by atoms with Crippen LogP contribution in [0, 0.1) is 26.2 Å². The van der Waals surface area contributed by atoms with Crippen LogP contribution in [-0.4, -0.2) is 0 Å². The maximum Gasteiger partial charge on any atom is 0.0155 e. The lowest BCUT2D eigenvalue weighted by atomic mass is 9.91. The fraction of sp³-hybridized carbons (Fsp3) is 0.429. The molecule has 0 heteroatoms. The first-order valence-electron chi connectivity index (χ1n) is 5.19. The quantitative estimate of drug-likeness (QED) is 0.629. The molecule has 1 aromatic carbocycles. The van der Waals surface area contributed by atoms with E-state index in [4.69, 9.17) is 6.42 Å². The van der Waals surface area contributed by atoms with Crippen LogP contribution in [0.3, 0.4) is 0 Å². The highest BCUT2D eigenvalue weighted by Gasteiger charge is 2.08. The minimum atomic E-state index is 0.526. The SMILES string of the molecule is C#CCC(CC)c1cc(C)cc(C)c1. The van der Waals surface area contributed by atoms with Crippen molar-refractivity contribution in [3.8, 4) is 12.3 Å². The highest BCUT2D eigenvalue weighted by atomic mass is 14.1. The van der Waals surface area contributed by atoms with Crippen LogP contribution >= 0.6 is 0 Å². The third kappa shape index (κ3) is 2.64. The topological polar surface area (TPSA) is 0 Å². The number of aryl methyl sites for hydroxylation is 2. The smallest absolute Gasteiger partial charge is 0.0155 e. The maximum atomic E-state index is 5.37. The molecule has 0 saturated carbocycles. The van der Waals surface area contributed by atoms with Crippen molar-refractivity contribution in [3.05, 3.63) is 34.9 Å². The van der Waals surface area contributed by atoms with Crippen LogP contribution in [0.5, 0.6) is 0 Å². The molecule has 0 aliphatic heterocycles. The van der Waals surface area contributed by atoms with Gasteiger partial charge in [0.2, 0.25) is 0 Å². The lowest BCUT2D eigenvalue weighted by molar-refractivity contribution is 0.683. The standard InChI is InChI=1S/C14H18/c1-5-7-13(6-2)14-9-11(3)8-12(4)10-14/h1,8-10,13H,6-7H2,2-4H3. The molecule has 1 aromatic rings. The molecule has 1 rings (SSSR count). The van der Waals surface area contributed by atoms with Gasteiger partial charge >= 0.3 is 0 Å². The van der Waals surface area contributed by atoms with E-state index >= 15 is 0 Å². The Labute approximate surface area is 87.4 Å². The molecule has 0 aliphatic carbocycles. The summed E-state index contributed by atoms with van der Waals surface area (Å²) < 4.78 is 0. The van der Waals surface area contributed by atoms with Gasteiger partial charge < -0.3 is 0 Å². The molecule has 74 valence electrons. The van der Waals surface area contributed by atoms with E-state index in [-0.39, 0.29) is 0 Å². The normalized spacial score (nSPS) is 12.1. The molecule has 0 N–H and O–H groups in total. The summed E-state index contributed by atoms with van der Waals surface area (Å²) in [5.74, 6) is 3.28. The van der Waals surface area contributed by atoms with E-state index in [0.717, 1.165) is 12.8 Å². The molecule has 14 heavy (non-hydrogen) atoms. The Morgan fingerprint density at radius 3 is 2.21 bits per heavy atom. The molecule has 1 atom stereocenters. The van der Waals surface area contributed by atoms with E-state index in [9.17, 15) is 0 Å². The highest BCUT2D eigenvalue weighted by molar-refractivity contribution is 5.31. The first-order valence-corrected chi connectivity index (χ1v) is 5.19. The van der Waals surface area contributed by atoms with Crippen LogP contribution in [0.1, 0.15) is 42.4 Å². The number of hydrogen-bond acceptors (Lipinski definition) is 0. The summed E-state index contributed by atoms with van der Waals surface area (Å²) in [6, 6.07) is 6.70. The summed E-state index contributed by atoms with van der Waals surface area (Å²) in [4.78, 5) is 0. The second-order valence-electron chi connectivity index (χ2n) is 3.93. The van der Waals surface area contributed by atoms with Gasteiger partial charge in [0, 0.05) is 6.42 Å². The van der Waals surface area contributed by atoms with Crippen LogP contribution in [0.2, 0.25) is 0 Å². The zero-order chi connectivity index (χ0) is 10.6. The molecule has 0 aliphatic rings. The predicted octanol–water partition coefficient (Wildman–Crippen LogP) is 3.82. The Balaban J connectivity index is 2.98. The van der Waals surface area contributed by atoms with Crippen LogP contribution in [-0.2, 0) is 0 Å².